The van der Waals surface area contributed by atoms with Crippen LogP contribution in [0.15, 0.2) is 18.2 Å². The average molecular weight is 364 g/mol. The van der Waals surface area contributed by atoms with Gasteiger partial charge in [-0.05, 0) is 37.4 Å². The fourth-order valence-electron chi connectivity index (χ4n) is 3.40. The molecule has 0 spiro atoms. The van der Waals surface area contributed by atoms with Gasteiger partial charge in [0, 0.05) is 17.4 Å². The monoisotopic (exact) mass is 363 g/mol. The van der Waals surface area contributed by atoms with Crippen molar-refractivity contribution in [2.75, 3.05) is 32.1 Å². The highest BCUT2D eigenvalue weighted by molar-refractivity contribution is 6.37. The number of benzene rings is 1. The Bertz CT molecular complexity index is 802. The number of piperidine rings is 1. The van der Waals surface area contributed by atoms with Gasteiger partial charge in [-0.15, -0.1) is 0 Å². The summed E-state index contributed by atoms with van der Waals surface area (Å²) in [5, 5.41) is 3.93. The standard InChI is InChI=1S/C18H22ClN3O3/c1-11-5-4-8-22(9-11)10-14(23)21-16-15-12(19)6-3-7-13(15)20-17(16)18(24)25-2/h3,6-7,11,20H,4-5,8-10H2,1-2H3,(H,21,23). The molecule has 6 nitrogen and oxygen atoms in total. The molecule has 1 aliphatic heterocycles. The quantitative estimate of drug-likeness (QED) is 0.817. The number of likely N-dealkylation sites (tertiary alicyclic amines) is 1. The highest BCUT2D eigenvalue weighted by atomic mass is 35.5. The lowest BCUT2D eigenvalue weighted by Crippen LogP contribution is -2.39. The minimum atomic E-state index is -0.547. The number of methoxy groups -OCH3 is 1. The lowest BCUT2D eigenvalue weighted by Gasteiger charge is -2.30. The number of amides is 1. The van der Waals surface area contributed by atoms with Crippen LogP contribution in [0.2, 0.25) is 5.02 Å². The number of nitrogens with one attached hydrogen (secondary N) is 2. The zero-order valence-corrected chi connectivity index (χ0v) is 15.2. The molecule has 0 aliphatic carbocycles. The van der Waals surface area contributed by atoms with E-state index in [1.807, 2.05) is 0 Å². The van der Waals surface area contributed by atoms with E-state index in [0.29, 0.717) is 34.1 Å². The first-order valence-electron chi connectivity index (χ1n) is 8.40. The lowest BCUT2D eigenvalue weighted by molar-refractivity contribution is -0.117. The minimum absolute atomic E-state index is 0.167. The van der Waals surface area contributed by atoms with Gasteiger partial charge in [-0.1, -0.05) is 24.6 Å². The summed E-state index contributed by atoms with van der Waals surface area (Å²) in [6, 6.07) is 5.30. The van der Waals surface area contributed by atoms with Crippen LogP contribution in [0, 0.1) is 5.92 Å². The molecule has 7 heteroatoms. The lowest BCUT2D eigenvalue weighted by atomic mass is 10.0. The Morgan fingerprint density at radius 3 is 2.96 bits per heavy atom. The van der Waals surface area contributed by atoms with E-state index in [2.05, 4.69) is 22.1 Å². The second-order valence-corrected chi connectivity index (χ2v) is 6.97. The number of fused-ring (bicyclic) bond motifs is 1. The molecule has 2 aromatic rings. The summed E-state index contributed by atoms with van der Waals surface area (Å²) < 4.78 is 4.82. The van der Waals surface area contributed by atoms with Gasteiger partial charge < -0.3 is 15.0 Å². The molecule has 1 aromatic carbocycles. The van der Waals surface area contributed by atoms with Gasteiger partial charge in [0.25, 0.3) is 0 Å². The maximum Gasteiger partial charge on any atom is 0.356 e. The predicted molar refractivity (Wildman–Crippen MR) is 98.1 cm³/mol. The number of anilines is 1. The third kappa shape index (κ3) is 3.80. The third-order valence-corrected chi connectivity index (χ3v) is 4.85. The SMILES string of the molecule is COC(=O)c1[nH]c2cccc(Cl)c2c1NC(=O)CN1CCCC(C)C1. The number of hydrogen-bond donors (Lipinski definition) is 2. The van der Waals surface area contributed by atoms with Gasteiger partial charge in [0.05, 0.1) is 24.4 Å². The normalized spacial score (nSPS) is 18.3. The molecule has 0 bridgehead atoms. The molecular weight excluding hydrogens is 342 g/mol. The number of carbonyl (C=O) groups excluding carboxylic acids is 2. The minimum Gasteiger partial charge on any atom is -0.464 e. The number of aromatic amines is 1. The van der Waals surface area contributed by atoms with Gasteiger partial charge in [-0.25, -0.2) is 4.79 Å². The maximum atomic E-state index is 12.5. The van der Waals surface area contributed by atoms with Crippen molar-refractivity contribution in [3.05, 3.63) is 28.9 Å². The van der Waals surface area contributed by atoms with E-state index in [1.54, 1.807) is 18.2 Å². The Hall–Kier alpha value is -2.05. The highest BCUT2D eigenvalue weighted by Crippen LogP contribution is 2.34. The summed E-state index contributed by atoms with van der Waals surface area (Å²) in [4.78, 5) is 29.7. The Balaban J connectivity index is 1.86. The number of H-pyrrole nitrogens is 1. The number of aromatic nitrogens is 1. The topological polar surface area (TPSA) is 74.4 Å². The second-order valence-electron chi connectivity index (χ2n) is 6.56. The average Bonchev–Trinajstić information content (AvgIpc) is 2.94. The van der Waals surface area contributed by atoms with Gasteiger partial charge in [0.1, 0.15) is 5.69 Å². The van der Waals surface area contributed by atoms with Crippen LogP contribution in [-0.2, 0) is 9.53 Å². The third-order valence-electron chi connectivity index (χ3n) is 4.54. The summed E-state index contributed by atoms with van der Waals surface area (Å²) in [6.07, 6.45) is 2.30. The smallest absolute Gasteiger partial charge is 0.356 e. The summed E-state index contributed by atoms with van der Waals surface area (Å²) in [6.45, 7) is 4.31. The van der Waals surface area contributed by atoms with E-state index in [1.165, 1.54) is 13.5 Å². The summed E-state index contributed by atoms with van der Waals surface area (Å²) >= 11 is 6.28. The molecule has 134 valence electrons. The Morgan fingerprint density at radius 1 is 1.44 bits per heavy atom. The molecule has 1 aliphatic rings. The van der Waals surface area contributed by atoms with Gasteiger partial charge >= 0.3 is 5.97 Å². The zero-order valence-electron chi connectivity index (χ0n) is 14.4. The number of ether oxygens (including phenoxy) is 1. The first-order chi connectivity index (χ1) is 12.0. The zero-order chi connectivity index (χ0) is 18.0. The van der Waals surface area contributed by atoms with Gasteiger partial charge in [-0.2, -0.15) is 0 Å². The van der Waals surface area contributed by atoms with Crippen molar-refractivity contribution in [3.63, 3.8) is 0 Å². The molecule has 0 radical (unpaired) electrons. The molecule has 1 atom stereocenters. The van der Waals surface area contributed by atoms with Crippen LogP contribution in [0.1, 0.15) is 30.3 Å². The molecule has 1 aromatic heterocycles. The van der Waals surface area contributed by atoms with E-state index in [9.17, 15) is 9.59 Å². The first-order valence-corrected chi connectivity index (χ1v) is 8.78. The number of carbonyl (C=O) groups is 2. The van der Waals surface area contributed by atoms with Gasteiger partial charge in [0.2, 0.25) is 5.91 Å². The Labute approximate surface area is 151 Å². The van der Waals surface area contributed by atoms with Crippen molar-refractivity contribution in [3.8, 4) is 0 Å². The molecule has 1 fully saturated rings. The van der Waals surface area contributed by atoms with Crippen molar-refractivity contribution in [1.82, 2.24) is 9.88 Å². The summed E-state index contributed by atoms with van der Waals surface area (Å²) in [5.41, 5.74) is 1.25. The van der Waals surface area contributed by atoms with Crippen LogP contribution in [0.5, 0.6) is 0 Å². The van der Waals surface area contributed by atoms with Crippen molar-refractivity contribution >= 4 is 40.1 Å². The molecule has 1 amide bonds. The highest BCUT2D eigenvalue weighted by Gasteiger charge is 2.24. The van der Waals surface area contributed by atoms with Crippen LogP contribution in [0.4, 0.5) is 5.69 Å². The first kappa shape index (κ1) is 17.8. The maximum absolute atomic E-state index is 12.5. The van der Waals surface area contributed by atoms with Crippen molar-refractivity contribution in [1.29, 1.82) is 0 Å². The fraction of sp³-hybridized carbons (Fsp3) is 0.444. The van der Waals surface area contributed by atoms with Crippen LogP contribution < -0.4 is 5.32 Å². The molecule has 25 heavy (non-hydrogen) atoms. The van der Waals surface area contributed by atoms with E-state index in [0.717, 1.165) is 19.5 Å². The van der Waals surface area contributed by atoms with E-state index < -0.39 is 5.97 Å². The summed E-state index contributed by atoms with van der Waals surface area (Å²) in [7, 11) is 1.30. The number of nitrogens with zero attached hydrogens (tertiary/aromatic N) is 1. The van der Waals surface area contributed by atoms with E-state index >= 15 is 0 Å². The molecule has 2 N–H and O–H groups in total. The van der Waals surface area contributed by atoms with Gasteiger partial charge in [0.15, 0.2) is 0 Å². The molecule has 2 heterocycles. The molecule has 1 saturated heterocycles. The largest absolute Gasteiger partial charge is 0.464 e. The molecule has 3 rings (SSSR count). The number of esters is 1. The van der Waals surface area contributed by atoms with Crippen LogP contribution >= 0.6 is 11.6 Å². The van der Waals surface area contributed by atoms with Crippen molar-refractivity contribution < 1.29 is 14.3 Å². The predicted octanol–water partition coefficient (Wildman–Crippen LogP) is 3.28. The fourth-order valence-corrected chi connectivity index (χ4v) is 3.67. The van der Waals surface area contributed by atoms with Crippen LogP contribution in [0.25, 0.3) is 10.9 Å². The van der Waals surface area contributed by atoms with E-state index in [4.69, 9.17) is 16.3 Å². The Morgan fingerprint density at radius 2 is 2.24 bits per heavy atom. The van der Waals surface area contributed by atoms with E-state index in [-0.39, 0.29) is 11.6 Å². The molecule has 0 saturated carbocycles. The van der Waals surface area contributed by atoms with Crippen molar-refractivity contribution in [2.45, 2.75) is 19.8 Å². The van der Waals surface area contributed by atoms with Gasteiger partial charge in [-0.3, -0.25) is 9.69 Å². The van der Waals surface area contributed by atoms with Crippen molar-refractivity contribution in [2.24, 2.45) is 5.92 Å². The molecular formula is C18H22ClN3O3. The Kier molecular flexibility index (Phi) is 5.30. The van der Waals surface area contributed by atoms with Crippen LogP contribution in [-0.4, -0.2) is 48.5 Å². The van der Waals surface area contributed by atoms with Crippen LogP contribution in [0.3, 0.4) is 0 Å². The summed E-state index contributed by atoms with van der Waals surface area (Å²) in [5.74, 6) is -0.121. The number of hydrogen-bond acceptors (Lipinski definition) is 4. The second kappa shape index (κ2) is 7.45. The number of halogens is 1. The molecule has 1 unspecified atom stereocenters. The number of rotatable bonds is 4.